The van der Waals surface area contributed by atoms with Crippen molar-refractivity contribution < 1.29 is 4.39 Å². The van der Waals surface area contributed by atoms with E-state index in [4.69, 9.17) is 0 Å². The summed E-state index contributed by atoms with van der Waals surface area (Å²) in [4.78, 5) is 0. The van der Waals surface area contributed by atoms with Gasteiger partial charge in [-0.05, 0) is 42.6 Å². The molecule has 0 saturated carbocycles. The normalized spacial score (nSPS) is 15.8. The van der Waals surface area contributed by atoms with Crippen LogP contribution >= 0.6 is 0 Å². The second-order valence-corrected chi connectivity index (χ2v) is 3.25. The van der Waals surface area contributed by atoms with Gasteiger partial charge in [0, 0.05) is 6.54 Å². The summed E-state index contributed by atoms with van der Waals surface area (Å²) in [6.07, 6.45) is 0.822. The first-order valence-electron chi connectivity index (χ1n) is 4.26. The molecule has 1 N–H and O–H groups in total. The first kappa shape index (κ1) is 7.74. The molecule has 0 aliphatic carbocycles. The number of halogens is 1. The van der Waals surface area contributed by atoms with Crippen molar-refractivity contribution in [3.05, 3.63) is 34.6 Å². The molecule has 1 aliphatic heterocycles. The van der Waals surface area contributed by atoms with E-state index >= 15 is 0 Å². The summed E-state index contributed by atoms with van der Waals surface area (Å²) in [5.74, 6) is -0.0444. The van der Waals surface area contributed by atoms with Crippen molar-refractivity contribution in [2.75, 3.05) is 6.54 Å². The quantitative estimate of drug-likeness (QED) is 0.618. The van der Waals surface area contributed by atoms with Crippen LogP contribution in [-0.2, 0) is 13.0 Å². The Morgan fingerprint density at radius 2 is 2.17 bits per heavy atom. The summed E-state index contributed by atoms with van der Waals surface area (Å²) in [6.45, 7) is 3.75. The largest absolute Gasteiger partial charge is 0.312 e. The number of nitrogens with one attached hydrogen (secondary N) is 1. The zero-order valence-corrected chi connectivity index (χ0v) is 7.15. The van der Waals surface area contributed by atoms with Crippen molar-refractivity contribution in [2.45, 2.75) is 19.9 Å². The molecule has 1 aliphatic rings. The lowest BCUT2D eigenvalue weighted by atomic mass is 9.96. The number of benzene rings is 1. The van der Waals surface area contributed by atoms with Crippen molar-refractivity contribution in [2.24, 2.45) is 0 Å². The average Bonchev–Trinajstić information content (AvgIpc) is 2.12. The Morgan fingerprint density at radius 1 is 1.33 bits per heavy atom. The Bertz CT molecular complexity index is 276. The monoisotopic (exact) mass is 165 g/mol. The molecular weight excluding hydrogens is 153 g/mol. The SMILES string of the molecule is Cc1ccc(F)c2c1CNCC2. The van der Waals surface area contributed by atoms with Gasteiger partial charge in [-0.1, -0.05) is 6.07 Å². The fraction of sp³-hybridized carbons (Fsp3) is 0.400. The summed E-state index contributed by atoms with van der Waals surface area (Å²) < 4.78 is 13.2. The van der Waals surface area contributed by atoms with Crippen LogP contribution < -0.4 is 5.32 Å². The molecule has 0 fully saturated rings. The highest BCUT2D eigenvalue weighted by atomic mass is 19.1. The molecule has 0 amide bonds. The third kappa shape index (κ3) is 1.12. The second kappa shape index (κ2) is 2.87. The maximum atomic E-state index is 13.2. The summed E-state index contributed by atoms with van der Waals surface area (Å²) in [7, 11) is 0. The highest BCUT2D eigenvalue weighted by Gasteiger charge is 2.14. The molecule has 64 valence electrons. The van der Waals surface area contributed by atoms with Gasteiger partial charge in [0.2, 0.25) is 0 Å². The fourth-order valence-electron chi connectivity index (χ4n) is 1.72. The summed E-state index contributed by atoms with van der Waals surface area (Å²) in [5.41, 5.74) is 3.26. The van der Waals surface area contributed by atoms with Gasteiger partial charge < -0.3 is 5.32 Å². The molecule has 2 rings (SSSR count). The number of hydrogen-bond donors (Lipinski definition) is 1. The predicted molar refractivity (Wildman–Crippen MR) is 46.5 cm³/mol. The smallest absolute Gasteiger partial charge is 0.126 e. The van der Waals surface area contributed by atoms with E-state index in [9.17, 15) is 4.39 Å². The third-order valence-corrected chi connectivity index (χ3v) is 2.46. The van der Waals surface area contributed by atoms with E-state index < -0.39 is 0 Å². The van der Waals surface area contributed by atoms with Crippen LogP contribution in [0.1, 0.15) is 16.7 Å². The number of hydrogen-bond acceptors (Lipinski definition) is 1. The standard InChI is InChI=1S/C10H12FN/c1-7-2-3-10(11)8-4-5-12-6-9(7)8/h2-3,12H,4-6H2,1H3. The van der Waals surface area contributed by atoms with Crippen molar-refractivity contribution in [1.29, 1.82) is 0 Å². The molecule has 0 aromatic heterocycles. The van der Waals surface area contributed by atoms with E-state index in [1.165, 1.54) is 5.56 Å². The summed E-state index contributed by atoms with van der Waals surface area (Å²) in [6, 6.07) is 3.42. The van der Waals surface area contributed by atoms with E-state index in [2.05, 4.69) is 5.32 Å². The highest BCUT2D eigenvalue weighted by Crippen LogP contribution is 2.20. The van der Waals surface area contributed by atoms with E-state index in [-0.39, 0.29) is 5.82 Å². The Balaban J connectivity index is 2.57. The number of rotatable bonds is 0. The van der Waals surface area contributed by atoms with Crippen molar-refractivity contribution >= 4 is 0 Å². The molecule has 1 aromatic rings. The molecule has 0 atom stereocenters. The van der Waals surface area contributed by atoms with Gasteiger partial charge in [0.25, 0.3) is 0 Å². The van der Waals surface area contributed by atoms with E-state index in [1.54, 1.807) is 6.07 Å². The summed E-state index contributed by atoms with van der Waals surface area (Å²) in [5, 5.41) is 3.24. The number of aryl methyl sites for hydroxylation is 1. The summed E-state index contributed by atoms with van der Waals surface area (Å²) >= 11 is 0. The Hall–Kier alpha value is -0.890. The van der Waals surface area contributed by atoms with Crippen LogP contribution in [0.3, 0.4) is 0 Å². The Labute approximate surface area is 71.6 Å². The zero-order valence-electron chi connectivity index (χ0n) is 7.15. The maximum Gasteiger partial charge on any atom is 0.126 e. The van der Waals surface area contributed by atoms with Gasteiger partial charge in [-0.15, -0.1) is 0 Å². The second-order valence-electron chi connectivity index (χ2n) is 3.25. The lowest BCUT2D eigenvalue weighted by molar-refractivity contribution is 0.567. The van der Waals surface area contributed by atoms with Crippen molar-refractivity contribution in [3.8, 4) is 0 Å². The molecule has 1 heterocycles. The molecule has 12 heavy (non-hydrogen) atoms. The van der Waals surface area contributed by atoms with E-state index in [1.807, 2.05) is 13.0 Å². The molecule has 0 saturated heterocycles. The van der Waals surface area contributed by atoms with Crippen LogP contribution in [-0.4, -0.2) is 6.54 Å². The minimum atomic E-state index is -0.0444. The van der Waals surface area contributed by atoms with Gasteiger partial charge in [0.15, 0.2) is 0 Å². The number of fused-ring (bicyclic) bond motifs is 1. The predicted octanol–water partition coefficient (Wildman–Crippen LogP) is 1.78. The van der Waals surface area contributed by atoms with E-state index in [0.29, 0.717) is 0 Å². The molecule has 1 nitrogen and oxygen atoms in total. The molecular formula is C10H12FN. The third-order valence-electron chi connectivity index (χ3n) is 2.46. The van der Waals surface area contributed by atoms with Gasteiger partial charge in [-0.25, -0.2) is 4.39 Å². The fourth-order valence-corrected chi connectivity index (χ4v) is 1.72. The molecule has 0 radical (unpaired) electrons. The van der Waals surface area contributed by atoms with Gasteiger partial charge in [0.05, 0.1) is 0 Å². The lowest BCUT2D eigenvalue weighted by Gasteiger charge is -2.19. The maximum absolute atomic E-state index is 13.2. The van der Waals surface area contributed by atoms with Crippen LogP contribution in [0.15, 0.2) is 12.1 Å². The highest BCUT2D eigenvalue weighted by molar-refractivity contribution is 5.37. The Kier molecular flexibility index (Phi) is 1.85. The van der Waals surface area contributed by atoms with Gasteiger partial charge >= 0.3 is 0 Å². The van der Waals surface area contributed by atoms with E-state index in [0.717, 1.165) is 30.6 Å². The molecule has 0 unspecified atom stereocenters. The van der Waals surface area contributed by atoms with Crippen molar-refractivity contribution in [3.63, 3.8) is 0 Å². The van der Waals surface area contributed by atoms with Crippen LogP contribution in [0.2, 0.25) is 0 Å². The first-order valence-corrected chi connectivity index (χ1v) is 4.26. The van der Waals surface area contributed by atoms with Crippen LogP contribution in [0.4, 0.5) is 4.39 Å². The molecule has 0 bridgehead atoms. The minimum Gasteiger partial charge on any atom is -0.312 e. The minimum absolute atomic E-state index is 0.0444. The van der Waals surface area contributed by atoms with Gasteiger partial charge in [-0.3, -0.25) is 0 Å². The Morgan fingerprint density at radius 3 is 2.92 bits per heavy atom. The molecule has 1 aromatic carbocycles. The van der Waals surface area contributed by atoms with Crippen LogP contribution in [0, 0.1) is 12.7 Å². The first-order chi connectivity index (χ1) is 5.79. The van der Waals surface area contributed by atoms with Crippen LogP contribution in [0.5, 0.6) is 0 Å². The average molecular weight is 165 g/mol. The lowest BCUT2D eigenvalue weighted by Crippen LogP contribution is -2.25. The van der Waals surface area contributed by atoms with Crippen molar-refractivity contribution in [1.82, 2.24) is 5.32 Å². The van der Waals surface area contributed by atoms with Gasteiger partial charge in [-0.2, -0.15) is 0 Å². The molecule has 0 spiro atoms. The van der Waals surface area contributed by atoms with Crippen LogP contribution in [0.25, 0.3) is 0 Å². The molecule has 2 heteroatoms. The topological polar surface area (TPSA) is 12.0 Å². The zero-order chi connectivity index (χ0) is 8.55. The van der Waals surface area contributed by atoms with Gasteiger partial charge in [0.1, 0.15) is 5.82 Å².